The minimum atomic E-state index is -0.344. The van der Waals surface area contributed by atoms with Gasteiger partial charge >= 0.3 is 0 Å². The van der Waals surface area contributed by atoms with Gasteiger partial charge in [-0.25, -0.2) is 4.39 Å². The number of ether oxygens (including phenoxy) is 1. The van der Waals surface area contributed by atoms with Gasteiger partial charge in [0.15, 0.2) is 0 Å². The summed E-state index contributed by atoms with van der Waals surface area (Å²) in [6.07, 6.45) is 0.0917. The summed E-state index contributed by atoms with van der Waals surface area (Å²) in [4.78, 5) is 11.9. The highest BCUT2D eigenvalue weighted by molar-refractivity contribution is 5.84. The van der Waals surface area contributed by atoms with Crippen LogP contribution in [0.4, 0.5) is 4.39 Å². The summed E-state index contributed by atoms with van der Waals surface area (Å²) >= 11 is 0. The zero-order valence-corrected chi connectivity index (χ0v) is 8.86. The molecule has 1 heterocycles. The topological polar surface area (TPSA) is 52.3 Å². The summed E-state index contributed by atoms with van der Waals surface area (Å²) in [5, 5.41) is 0. The van der Waals surface area contributed by atoms with E-state index >= 15 is 0 Å². The van der Waals surface area contributed by atoms with Crippen molar-refractivity contribution < 1.29 is 13.9 Å². The SMILES string of the molecule is NC1COCC1C(=O)Cc1ccccc1F. The van der Waals surface area contributed by atoms with Gasteiger partial charge in [-0.15, -0.1) is 0 Å². The molecular weight excluding hydrogens is 209 g/mol. The third-order valence-corrected chi connectivity index (χ3v) is 2.86. The van der Waals surface area contributed by atoms with Crippen molar-refractivity contribution in [2.45, 2.75) is 12.5 Å². The molecule has 2 atom stereocenters. The molecule has 2 rings (SSSR count). The first-order valence-electron chi connectivity index (χ1n) is 5.28. The lowest BCUT2D eigenvalue weighted by molar-refractivity contribution is -0.122. The second-order valence-corrected chi connectivity index (χ2v) is 4.04. The zero-order chi connectivity index (χ0) is 11.5. The molecule has 1 fully saturated rings. The van der Waals surface area contributed by atoms with Gasteiger partial charge in [-0.05, 0) is 11.6 Å². The van der Waals surface area contributed by atoms with Crippen LogP contribution in [0.1, 0.15) is 5.56 Å². The van der Waals surface area contributed by atoms with Crippen molar-refractivity contribution in [3.63, 3.8) is 0 Å². The molecule has 0 aliphatic carbocycles. The van der Waals surface area contributed by atoms with Gasteiger partial charge in [-0.3, -0.25) is 4.79 Å². The Balaban J connectivity index is 2.05. The second kappa shape index (κ2) is 4.72. The molecule has 16 heavy (non-hydrogen) atoms. The molecule has 2 N–H and O–H groups in total. The molecule has 1 aliphatic heterocycles. The van der Waals surface area contributed by atoms with Gasteiger partial charge in [0.25, 0.3) is 0 Å². The van der Waals surface area contributed by atoms with Gasteiger partial charge in [0.05, 0.1) is 19.1 Å². The summed E-state index contributed by atoms with van der Waals surface area (Å²) < 4.78 is 18.4. The number of benzene rings is 1. The van der Waals surface area contributed by atoms with E-state index in [9.17, 15) is 9.18 Å². The van der Waals surface area contributed by atoms with E-state index in [1.165, 1.54) is 6.07 Å². The Morgan fingerprint density at radius 3 is 2.81 bits per heavy atom. The highest BCUT2D eigenvalue weighted by Gasteiger charge is 2.31. The van der Waals surface area contributed by atoms with Crippen LogP contribution in [-0.4, -0.2) is 25.0 Å². The Bertz CT molecular complexity index is 394. The van der Waals surface area contributed by atoms with Crippen LogP contribution in [0.3, 0.4) is 0 Å². The number of carbonyl (C=O) groups is 1. The number of Topliss-reactive ketones (excluding diaryl/α,β-unsaturated/α-hetero) is 1. The highest BCUT2D eigenvalue weighted by Crippen LogP contribution is 2.16. The number of carbonyl (C=O) groups excluding carboxylic acids is 1. The van der Waals surface area contributed by atoms with Gasteiger partial charge < -0.3 is 10.5 Å². The molecule has 1 aliphatic rings. The average Bonchev–Trinajstić information content (AvgIpc) is 2.68. The Morgan fingerprint density at radius 1 is 1.44 bits per heavy atom. The first-order valence-corrected chi connectivity index (χ1v) is 5.28. The number of rotatable bonds is 3. The van der Waals surface area contributed by atoms with Crippen molar-refractivity contribution in [2.24, 2.45) is 11.7 Å². The molecular formula is C12H14FNO2. The van der Waals surface area contributed by atoms with E-state index in [2.05, 4.69) is 0 Å². The van der Waals surface area contributed by atoms with Crippen molar-refractivity contribution >= 4 is 5.78 Å². The van der Waals surface area contributed by atoms with Gasteiger partial charge in [0.1, 0.15) is 11.6 Å². The minimum Gasteiger partial charge on any atom is -0.379 e. The van der Waals surface area contributed by atoms with Crippen molar-refractivity contribution in [1.82, 2.24) is 0 Å². The maximum Gasteiger partial charge on any atom is 0.144 e. The molecule has 0 aromatic heterocycles. The quantitative estimate of drug-likeness (QED) is 0.828. The molecule has 0 radical (unpaired) electrons. The highest BCUT2D eigenvalue weighted by atomic mass is 19.1. The Kier molecular flexibility index (Phi) is 3.31. The van der Waals surface area contributed by atoms with Crippen molar-refractivity contribution in [2.75, 3.05) is 13.2 Å². The van der Waals surface area contributed by atoms with Crippen LogP contribution in [0.15, 0.2) is 24.3 Å². The first-order chi connectivity index (χ1) is 7.68. The lowest BCUT2D eigenvalue weighted by Crippen LogP contribution is -2.35. The zero-order valence-electron chi connectivity index (χ0n) is 8.86. The van der Waals surface area contributed by atoms with Gasteiger partial charge in [-0.2, -0.15) is 0 Å². The summed E-state index contributed by atoms with van der Waals surface area (Å²) in [5.41, 5.74) is 6.15. The first kappa shape index (κ1) is 11.2. The third kappa shape index (κ3) is 2.28. The van der Waals surface area contributed by atoms with E-state index in [1.54, 1.807) is 18.2 Å². The fourth-order valence-corrected chi connectivity index (χ4v) is 1.86. The Hall–Kier alpha value is -1.26. The number of hydrogen-bond acceptors (Lipinski definition) is 3. The molecule has 0 bridgehead atoms. The third-order valence-electron chi connectivity index (χ3n) is 2.86. The summed E-state index contributed by atoms with van der Waals surface area (Å²) in [6.45, 7) is 0.766. The Morgan fingerprint density at radius 2 is 2.19 bits per heavy atom. The Labute approximate surface area is 93.4 Å². The van der Waals surface area contributed by atoms with Crippen LogP contribution in [0, 0.1) is 11.7 Å². The van der Waals surface area contributed by atoms with Crippen LogP contribution in [0.2, 0.25) is 0 Å². The molecule has 86 valence electrons. The number of hydrogen-bond donors (Lipinski definition) is 1. The number of halogens is 1. The predicted molar refractivity (Wildman–Crippen MR) is 57.4 cm³/mol. The molecule has 3 nitrogen and oxygen atoms in total. The molecule has 0 spiro atoms. The molecule has 0 amide bonds. The van der Waals surface area contributed by atoms with Crippen LogP contribution in [0.5, 0.6) is 0 Å². The van der Waals surface area contributed by atoms with E-state index in [-0.39, 0.29) is 30.0 Å². The largest absolute Gasteiger partial charge is 0.379 e. The van der Waals surface area contributed by atoms with Gasteiger partial charge in [-0.1, -0.05) is 18.2 Å². The lowest BCUT2D eigenvalue weighted by atomic mass is 9.94. The van der Waals surface area contributed by atoms with Crippen molar-refractivity contribution in [1.29, 1.82) is 0 Å². The van der Waals surface area contributed by atoms with E-state index in [0.717, 1.165) is 0 Å². The standard InChI is InChI=1S/C12H14FNO2/c13-10-4-2-1-3-8(10)5-12(15)9-6-16-7-11(9)14/h1-4,9,11H,5-7,14H2. The smallest absolute Gasteiger partial charge is 0.144 e. The van der Waals surface area contributed by atoms with Crippen LogP contribution in [-0.2, 0) is 16.0 Å². The minimum absolute atomic E-state index is 0.0462. The fourth-order valence-electron chi connectivity index (χ4n) is 1.86. The maximum atomic E-state index is 13.3. The molecule has 1 aromatic carbocycles. The van der Waals surface area contributed by atoms with E-state index < -0.39 is 0 Å². The van der Waals surface area contributed by atoms with E-state index in [1.807, 2.05) is 0 Å². The monoisotopic (exact) mass is 223 g/mol. The van der Waals surface area contributed by atoms with Crippen LogP contribution in [0.25, 0.3) is 0 Å². The van der Waals surface area contributed by atoms with Crippen LogP contribution < -0.4 is 5.73 Å². The molecule has 0 saturated carbocycles. The van der Waals surface area contributed by atoms with E-state index in [4.69, 9.17) is 10.5 Å². The summed E-state index contributed by atoms with van der Waals surface area (Å²) in [5.74, 6) is -0.682. The maximum absolute atomic E-state index is 13.3. The predicted octanol–water partition coefficient (Wildman–Crippen LogP) is 0.911. The van der Waals surface area contributed by atoms with Gasteiger partial charge in [0, 0.05) is 12.5 Å². The molecule has 1 aromatic rings. The van der Waals surface area contributed by atoms with Crippen molar-refractivity contribution in [3.8, 4) is 0 Å². The van der Waals surface area contributed by atoms with E-state index in [0.29, 0.717) is 18.8 Å². The molecule has 2 unspecified atom stereocenters. The van der Waals surface area contributed by atoms with Crippen molar-refractivity contribution in [3.05, 3.63) is 35.6 Å². The summed E-state index contributed by atoms with van der Waals surface area (Å²) in [6, 6.07) is 6.05. The number of nitrogens with two attached hydrogens (primary N) is 1. The van der Waals surface area contributed by atoms with Crippen LogP contribution >= 0.6 is 0 Å². The molecule has 1 saturated heterocycles. The summed E-state index contributed by atoms with van der Waals surface area (Å²) in [7, 11) is 0. The second-order valence-electron chi connectivity index (χ2n) is 4.04. The lowest BCUT2D eigenvalue weighted by Gasteiger charge is -2.11. The normalized spacial score (nSPS) is 24.6. The molecule has 4 heteroatoms. The fraction of sp³-hybridized carbons (Fsp3) is 0.417. The average molecular weight is 223 g/mol. The van der Waals surface area contributed by atoms with Gasteiger partial charge in [0.2, 0.25) is 0 Å². The number of ketones is 1.